The molecule has 5 rings (SSSR count). The van der Waals surface area contributed by atoms with Crippen LogP contribution < -0.4 is 5.32 Å². The van der Waals surface area contributed by atoms with Crippen molar-refractivity contribution in [3.63, 3.8) is 0 Å². The van der Waals surface area contributed by atoms with Gasteiger partial charge in [0.2, 0.25) is 0 Å². The maximum absolute atomic E-state index is 13.1. The van der Waals surface area contributed by atoms with Gasteiger partial charge in [-0.2, -0.15) is 5.10 Å². The Bertz CT molecular complexity index is 1030. The number of carbonyl (C=O) groups is 1. The summed E-state index contributed by atoms with van der Waals surface area (Å²) in [6.07, 6.45) is 6.91. The summed E-state index contributed by atoms with van der Waals surface area (Å²) in [6.45, 7) is 2.84. The minimum Gasteiger partial charge on any atom is -0.340 e. The zero-order chi connectivity index (χ0) is 19.3. The van der Waals surface area contributed by atoms with Crippen molar-refractivity contribution in [1.29, 1.82) is 0 Å². The number of urea groups is 1. The third-order valence-corrected chi connectivity index (χ3v) is 6.16. The number of benzene rings is 1. The zero-order valence-corrected chi connectivity index (χ0v) is 16.4. The number of amides is 2. The van der Waals surface area contributed by atoms with Crippen LogP contribution >= 0.6 is 0 Å². The van der Waals surface area contributed by atoms with Gasteiger partial charge in [-0.3, -0.25) is 4.68 Å². The molecule has 28 heavy (non-hydrogen) atoms. The molecule has 3 heterocycles. The van der Waals surface area contributed by atoms with Crippen LogP contribution in [0.4, 0.5) is 4.79 Å². The van der Waals surface area contributed by atoms with Crippen molar-refractivity contribution in [2.24, 2.45) is 7.05 Å². The van der Waals surface area contributed by atoms with E-state index in [1.54, 1.807) is 0 Å². The van der Waals surface area contributed by atoms with Gasteiger partial charge in [0.1, 0.15) is 5.82 Å². The molecule has 0 bridgehead atoms. The van der Waals surface area contributed by atoms with E-state index in [9.17, 15) is 4.79 Å². The van der Waals surface area contributed by atoms with Crippen molar-refractivity contribution in [1.82, 2.24) is 30.0 Å². The van der Waals surface area contributed by atoms with Gasteiger partial charge in [0, 0.05) is 24.8 Å². The first-order valence-electron chi connectivity index (χ1n) is 10.1. The fourth-order valence-electron chi connectivity index (χ4n) is 4.68. The molecule has 1 aliphatic heterocycles. The highest BCUT2D eigenvalue weighted by molar-refractivity contribution is 5.77. The van der Waals surface area contributed by atoms with Crippen molar-refractivity contribution in [3.8, 4) is 0 Å². The minimum atomic E-state index is 0.000778. The number of carbonyl (C=O) groups excluding carboxylic acids is 1. The Morgan fingerprint density at radius 2 is 2.18 bits per heavy atom. The van der Waals surface area contributed by atoms with Gasteiger partial charge in [0.05, 0.1) is 29.3 Å². The van der Waals surface area contributed by atoms with Gasteiger partial charge < -0.3 is 15.2 Å². The molecule has 0 spiro atoms. The molecule has 1 saturated heterocycles. The Labute approximate surface area is 164 Å². The van der Waals surface area contributed by atoms with Crippen LogP contribution in [0.2, 0.25) is 0 Å². The van der Waals surface area contributed by atoms with E-state index in [1.807, 2.05) is 28.9 Å². The standard InChI is InChI=1S/C21H26N6O/c1-13-8-9-16-17(11-13)24-20(23-16)19-7-4-10-27(19)21(28)25-15-5-3-6-18-14(15)12-22-26(18)2/h8-9,11-12,15,19H,3-7,10H2,1-2H3,(H,23,24)(H,25,28). The number of likely N-dealkylation sites (tertiary alicyclic amines) is 1. The molecule has 2 N–H and O–H groups in total. The van der Waals surface area contributed by atoms with Crippen LogP contribution in [0.25, 0.3) is 11.0 Å². The number of aryl methyl sites for hydroxylation is 2. The molecule has 2 aromatic heterocycles. The smallest absolute Gasteiger partial charge is 0.318 e. The molecule has 146 valence electrons. The molecule has 7 heteroatoms. The van der Waals surface area contributed by atoms with Gasteiger partial charge in [-0.15, -0.1) is 0 Å². The normalized spacial score (nSPS) is 21.9. The van der Waals surface area contributed by atoms with Crippen molar-refractivity contribution in [3.05, 3.63) is 47.0 Å². The van der Waals surface area contributed by atoms with Crippen LogP contribution in [0.15, 0.2) is 24.4 Å². The average molecular weight is 378 g/mol. The second-order valence-corrected chi connectivity index (χ2v) is 8.06. The number of fused-ring (bicyclic) bond motifs is 2. The van der Waals surface area contributed by atoms with Crippen LogP contribution in [-0.4, -0.2) is 37.2 Å². The van der Waals surface area contributed by atoms with Gasteiger partial charge in [0.25, 0.3) is 0 Å². The fourth-order valence-corrected chi connectivity index (χ4v) is 4.68. The first-order valence-corrected chi connectivity index (χ1v) is 10.1. The van der Waals surface area contributed by atoms with Gasteiger partial charge in [0.15, 0.2) is 0 Å². The summed E-state index contributed by atoms with van der Waals surface area (Å²) in [7, 11) is 1.98. The SMILES string of the molecule is Cc1ccc2nc(C3CCCN3C(=O)NC3CCCc4c3cnn4C)[nH]c2c1. The highest BCUT2D eigenvalue weighted by Crippen LogP contribution is 2.33. The molecule has 1 aromatic carbocycles. The molecule has 2 atom stereocenters. The third kappa shape index (κ3) is 2.85. The first kappa shape index (κ1) is 17.3. The Hall–Kier alpha value is -2.83. The number of aromatic nitrogens is 4. The molecule has 7 nitrogen and oxygen atoms in total. The lowest BCUT2D eigenvalue weighted by atomic mass is 9.93. The van der Waals surface area contributed by atoms with E-state index in [1.165, 1.54) is 11.3 Å². The number of aromatic amines is 1. The zero-order valence-electron chi connectivity index (χ0n) is 16.4. The number of hydrogen-bond acceptors (Lipinski definition) is 3. The average Bonchev–Trinajstić information content (AvgIpc) is 3.40. The van der Waals surface area contributed by atoms with E-state index in [0.717, 1.165) is 61.1 Å². The second kappa shape index (κ2) is 6.65. The molecular weight excluding hydrogens is 352 g/mol. The highest BCUT2D eigenvalue weighted by Gasteiger charge is 2.34. The Kier molecular flexibility index (Phi) is 4.10. The lowest BCUT2D eigenvalue weighted by molar-refractivity contribution is 0.185. The summed E-state index contributed by atoms with van der Waals surface area (Å²) < 4.78 is 1.93. The van der Waals surface area contributed by atoms with Crippen LogP contribution in [0.1, 0.15) is 60.4 Å². The van der Waals surface area contributed by atoms with E-state index in [2.05, 4.69) is 34.5 Å². The minimum absolute atomic E-state index is 0.000778. The Morgan fingerprint density at radius 1 is 1.29 bits per heavy atom. The quantitative estimate of drug-likeness (QED) is 0.716. The van der Waals surface area contributed by atoms with Gasteiger partial charge in [-0.05, 0) is 56.7 Å². The molecule has 1 fully saturated rings. The van der Waals surface area contributed by atoms with Crippen LogP contribution in [0.3, 0.4) is 0 Å². The lowest BCUT2D eigenvalue weighted by Crippen LogP contribution is -2.42. The van der Waals surface area contributed by atoms with E-state index >= 15 is 0 Å². The summed E-state index contributed by atoms with van der Waals surface area (Å²) >= 11 is 0. The number of hydrogen-bond donors (Lipinski definition) is 2. The van der Waals surface area contributed by atoms with Crippen molar-refractivity contribution in [2.75, 3.05) is 6.54 Å². The Morgan fingerprint density at radius 3 is 3.07 bits per heavy atom. The first-order chi connectivity index (χ1) is 13.6. The predicted molar refractivity (Wildman–Crippen MR) is 107 cm³/mol. The molecule has 2 amide bonds. The molecule has 3 aromatic rings. The predicted octanol–water partition coefficient (Wildman–Crippen LogP) is 3.53. The summed E-state index contributed by atoms with van der Waals surface area (Å²) in [5.74, 6) is 0.888. The summed E-state index contributed by atoms with van der Waals surface area (Å²) in [6, 6.07) is 6.27. The van der Waals surface area contributed by atoms with E-state index < -0.39 is 0 Å². The number of nitrogens with one attached hydrogen (secondary N) is 2. The summed E-state index contributed by atoms with van der Waals surface area (Å²) in [5, 5.41) is 7.65. The fraction of sp³-hybridized carbons (Fsp3) is 0.476. The van der Waals surface area contributed by atoms with Crippen LogP contribution in [0.5, 0.6) is 0 Å². The molecule has 1 aliphatic carbocycles. The van der Waals surface area contributed by atoms with Crippen LogP contribution in [-0.2, 0) is 13.5 Å². The molecule has 2 unspecified atom stereocenters. The largest absolute Gasteiger partial charge is 0.340 e. The molecular formula is C21H26N6O. The number of H-pyrrole nitrogens is 1. The van der Waals surface area contributed by atoms with E-state index in [-0.39, 0.29) is 18.1 Å². The van der Waals surface area contributed by atoms with Crippen molar-refractivity contribution >= 4 is 17.1 Å². The van der Waals surface area contributed by atoms with Crippen molar-refractivity contribution in [2.45, 2.75) is 51.1 Å². The molecule has 0 radical (unpaired) electrons. The van der Waals surface area contributed by atoms with Crippen molar-refractivity contribution < 1.29 is 4.79 Å². The maximum atomic E-state index is 13.1. The number of imidazole rings is 1. The van der Waals surface area contributed by atoms with Gasteiger partial charge >= 0.3 is 6.03 Å². The number of nitrogens with zero attached hydrogens (tertiary/aromatic N) is 4. The third-order valence-electron chi connectivity index (χ3n) is 6.16. The second-order valence-electron chi connectivity index (χ2n) is 8.06. The summed E-state index contributed by atoms with van der Waals surface area (Å²) in [4.78, 5) is 23.3. The highest BCUT2D eigenvalue weighted by atomic mass is 16.2. The monoisotopic (exact) mass is 378 g/mol. The topological polar surface area (TPSA) is 78.8 Å². The van der Waals surface area contributed by atoms with E-state index in [4.69, 9.17) is 4.98 Å². The lowest BCUT2D eigenvalue weighted by Gasteiger charge is -2.29. The summed E-state index contributed by atoms with van der Waals surface area (Å²) in [5.41, 5.74) is 5.60. The van der Waals surface area contributed by atoms with Gasteiger partial charge in [-0.25, -0.2) is 9.78 Å². The van der Waals surface area contributed by atoms with E-state index in [0.29, 0.717) is 0 Å². The van der Waals surface area contributed by atoms with Gasteiger partial charge in [-0.1, -0.05) is 6.07 Å². The molecule has 2 aliphatic rings. The molecule has 0 saturated carbocycles. The number of rotatable bonds is 2. The maximum Gasteiger partial charge on any atom is 0.318 e. The van der Waals surface area contributed by atoms with Crippen LogP contribution in [0, 0.1) is 6.92 Å². The Balaban J connectivity index is 1.37.